The fourth-order valence-corrected chi connectivity index (χ4v) is 7.06. The Bertz CT molecular complexity index is 2470. The number of benzene rings is 3. The smallest absolute Gasteiger partial charge is 0.429 e. The Hall–Kier alpha value is -8.10. The van der Waals surface area contributed by atoms with Gasteiger partial charge in [-0.1, -0.05) is 50.5 Å². The van der Waals surface area contributed by atoms with Gasteiger partial charge in [-0.15, -0.1) is 0 Å². The summed E-state index contributed by atoms with van der Waals surface area (Å²) < 4.78 is 44.1. The second-order valence-corrected chi connectivity index (χ2v) is 16.7. The van der Waals surface area contributed by atoms with Crippen molar-refractivity contribution in [1.29, 1.82) is 0 Å². The molecule has 0 amide bonds. The van der Waals surface area contributed by atoms with Crippen LogP contribution in [0.3, 0.4) is 0 Å². The highest BCUT2D eigenvalue weighted by Gasteiger charge is 2.38. The van der Waals surface area contributed by atoms with E-state index in [1.807, 2.05) is 0 Å². The summed E-state index contributed by atoms with van der Waals surface area (Å²) in [6.07, 6.45) is -2.24. The van der Waals surface area contributed by atoms with Crippen LogP contribution < -0.4 is 14.2 Å². The molecule has 390 valence electrons. The van der Waals surface area contributed by atoms with Crippen LogP contribution in [0.1, 0.15) is 119 Å². The lowest BCUT2D eigenvalue weighted by atomic mass is 10.1. The summed E-state index contributed by atoms with van der Waals surface area (Å²) in [4.78, 5) is 137. The number of ether oxygens (including phenoxy) is 9. The van der Waals surface area contributed by atoms with Gasteiger partial charge >= 0.3 is 36.4 Å². The zero-order valence-electron chi connectivity index (χ0n) is 41.0. The van der Waals surface area contributed by atoms with Gasteiger partial charge in [-0.25, -0.2) is 14.4 Å². The molecule has 3 aromatic rings. The minimum atomic E-state index is -1.34. The van der Waals surface area contributed by atoms with Crippen LogP contribution in [0.5, 0.6) is 17.2 Å². The topological polar surface area (TPSA) is 288 Å². The van der Waals surface area contributed by atoms with E-state index in [9.17, 15) is 57.5 Å². The normalized spacial score (nSPS) is 14.5. The highest BCUT2D eigenvalue weighted by Crippen LogP contribution is 2.26. The lowest BCUT2D eigenvalue weighted by Crippen LogP contribution is -2.28. The van der Waals surface area contributed by atoms with E-state index in [0.29, 0.717) is 40.4 Å². The first-order valence-electron chi connectivity index (χ1n) is 23.2. The SMILES string of the molecule is CC(=O)Oc1c(C)cc(COC(=O)OC2C(=O)CCC2=O)cc1C.CC(=O)Oc1ccc(COC(=O)OC2C(=O)CCC2=O)cc1.CCCCCCC(=O)Oc1ccc(COC(=O)OC2C(=O)CCC2=O)cc1. The summed E-state index contributed by atoms with van der Waals surface area (Å²) in [5.41, 5.74) is 3.40. The second-order valence-electron chi connectivity index (χ2n) is 16.7. The molecule has 0 heterocycles. The molecule has 3 fully saturated rings. The summed E-state index contributed by atoms with van der Waals surface area (Å²) >= 11 is 0. The lowest BCUT2D eigenvalue weighted by molar-refractivity contribution is -0.135. The van der Waals surface area contributed by atoms with Crippen LogP contribution in [0.15, 0.2) is 60.7 Å². The van der Waals surface area contributed by atoms with E-state index in [1.165, 1.54) is 13.8 Å². The van der Waals surface area contributed by atoms with E-state index in [1.54, 1.807) is 74.5 Å². The molecule has 0 N–H and O–H groups in total. The number of hydrogen-bond donors (Lipinski definition) is 0. The third kappa shape index (κ3) is 19.6. The van der Waals surface area contributed by atoms with Crippen LogP contribution >= 0.6 is 0 Å². The minimum Gasteiger partial charge on any atom is -0.429 e. The van der Waals surface area contributed by atoms with E-state index in [2.05, 4.69) is 6.92 Å². The molecule has 0 unspecified atom stereocenters. The van der Waals surface area contributed by atoms with E-state index in [-0.39, 0.29) is 64.3 Å². The zero-order valence-corrected chi connectivity index (χ0v) is 41.0. The number of unbranched alkanes of at least 4 members (excludes halogenated alkanes) is 3. The molecule has 21 nitrogen and oxygen atoms in total. The van der Waals surface area contributed by atoms with Crippen LogP contribution in [0.25, 0.3) is 0 Å². The van der Waals surface area contributed by atoms with Gasteiger partial charge in [0.2, 0.25) is 18.3 Å². The summed E-state index contributed by atoms with van der Waals surface area (Å²) in [6, 6.07) is 16.3. The molecular formula is C52H56O21. The van der Waals surface area contributed by atoms with Gasteiger partial charge in [0.1, 0.15) is 37.1 Å². The quantitative estimate of drug-likeness (QED) is 0.0422. The van der Waals surface area contributed by atoms with Gasteiger partial charge in [0.15, 0.2) is 34.7 Å². The van der Waals surface area contributed by atoms with Crippen molar-refractivity contribution in [3.8, 4) is 17.2 Å². The number of carbonyl (C=O) groups is 12. The third-order valence-electron chi connectivity index (χ3n) is 10.7. The molecule has 0 radical (unpaired) electrons. The van der Waals surface area contributed by atoms with Crippen LogP contribution in [0, 0.1) is 13.8 Å². The number of Topliss-reactive ketones (excluding diaryl/α,β-unsaturated/α-hetero) is 6. The summed E-state index contributed by atoms with van der Waals surface area (Å²) in [7, 11) is 0. The molecule has 0 spiro atoms. The van der Waals surface area contributed by atoms with Gasteiger partial charge in [-0.2, -0.15) is 0 Å². The van der Waals surface area contributed by atoms with E-state index in [0.717, 1.165) is 36.8 Å². The maximum Gasteiger partial charge on any atom is 0.509 e. The van der Waals surface area contributed by atoms with Gasteiger partial charge in [0, 0.05) is 58.8 Å². The summed E-state index contributed by atoms with van der Waals surface area (Å²) in [6.45, 7) is 7.99. The lowest BCUT2D eigenvalue weighted by Gasteiger charge is -2.13. The van der Waals surface area contributed by atoms with E-state index < -0.39 is 83.4 Å². The van der Waals surface area contributed by atoms with Crippen LogP contribution in [0.2, 0.25) is 0 Å². The average molecular weight is 1020 g/mol. The molecule has 3 saturated carbocycles. The van der Waals surface area contributed by atoms with Crippen molar-refractivity contribution >= 4 is 71.1 Å². The maximum absolute atomic E-state index is 11.7. The molecule has 0 aromatic heterocycles. The van der Waals surface area contributed by atoms with Gasteiger partial charge in [-0.05, 0) is 84.5 Å². The van der Waals surface area contributed by atoms with Crippen molar-refractivity contribution in [3.63, 3.8) is 0 Å². The van der Waals surface area contributed by atoms with Crippen LogP contribution in [0.4, 0.5) is 14.4 Å². The molecule has 6 rings (SSSR count). The molecule has 0 saturated heterocycles. The largest absolute Gasteiger partial charge is 0.509 e. The molecule has 0 bridgehead atoms. The first-order chi connectivity index (χ1) is 34.7. The molecular weight excluding hydrogens is 961 g/mol. The first kappa shape index (κ1) is 57.5. The minimum absolute atomic E-state index is 0.0841. The predicted octanol–water partition coefficient (Wildman–Crippen LogP) is 7.26. The van der Waals surface area contributed by atoms with Crippen molar-refractivity contribution in [1.82, 2.24) is 0 Å². The Morgan fingerprint density at radius 3 is 1.14 bits per heavy atom. The van der Waals surface area contributed by atoms with Crippen molar-refractivity contribution in [2.24, 2.45) is 0 Å². The van der Waals surface area contributed by atoms with Crippen molar-refractivity contribution in [3.05, 3.63) is 88.5 Å². The van der Waals surface area contributed by atoms with Crippen molar-refractivity contribution in [2.45, 2.75) is 143 Å². The number of esters is 3. The average Bonchev–Trinajstić information content (AvgIpc) is 3.96. The van der Waals surface area contributed by atoms with Crippen molar-refractivity contribution in [2.75, 3.05) is 0 Å². The standard InChI is InChI=1S/C20H24O7.C17H18O7.C15H14O7/c1-2-3-4-5-6-18(23)26-15-9-7-14(8-10-15)13-25-20(24)27-19-16(21)11-12-17(19)22;1-9-6-12(7-10(2)15(9)23-11(3)18)8-22-17(21)24-16-13(19)4-5-14(16)20;1-9(16)21-11-4-2-10(3-5-11)8-20-15(19)22-14-12(17)6-7-13(14)18/h7-10,19H,2-6,11-13H2,1H3;6-7,16H,4-5,8H2,1-3H3;2-5,14H,6-8H2,1H3. The Kier molecular flexibility index (Phi) is 22.6. The highest BCUT2D eigenvalue weighted by atomic mass is 16.7. The number of ketones is 6. The third-order valence-corrected chi connectivity index (χ3v) is 10.7. The summed E-state index contributed by atoms with van der Waals surface area (Å²) in [5, 5.41) is 0. The van der Waals surface area contributed by atoms with Gasteiger partial charge in [0.05, 0.1) is 0 Å². The Balaban J connectivity index is 0.000000239. The Morgan fingerprint density at radius 1 is 0.452 bits per heavy atom. The van der Waals surface area contributed by atoms with Crippen LogP contribution in [-0.4, -0.2) is 89.4 Å². The van der Waals surface area contributed by atoms with Crippen LogP contribution in [-0.2, 0) is 91.4 Å². The van der Waals surface area contributed by atoms with Crippen molar-refractivity contribution < 1.29 is 100 Å². The number of hydrogen-bond acceptors (Lipinski definition) is 21. The fraction of sp³-hybridized carbons (Fsp3) is 0.423. The monoisotopic (exact) mass is 1020 g/mol. The molecule has 21 heteroatoms. The highest BCUT2D eigenvalue weighted by molar-refractivity contribution is 6.13. The number of rotatable bonds is 17. The molecule has 3 aromatic carbocycles. The molecule has 3 aliphatic rings. The molecule has 3 aliphatic carbocycles. The first-order valence-corrected chi connectivity index (χ1v) is 23.2. The van der Waals surface area contributed by atoms with Gasteiger partial charge in [-0.3, -0.25) is 43.2 Å². The Labute approximate surface area is 419 Å². The predicted molar refractivity (Wildman–Crippen MR) is 249 cm³/mol. The summed E-state index contributed by atoms with van der Waals surface area (Å²) in [5.74, 6) is -2.30. The van der Waals surface area contributed by atoms with E-state index in [4.69, 9.17) is 42.6 Å². The second kappa shape index (κ2) is 28.7. The molecule has 0 aliphatic heterocycles. The fourth-order valence-electron chi connectivity index (χ4n) is 7.06. The maximum atomic E-state index is 11.7. The van der Waals surface area contributed by atoms with E-state index >= 15 is 0 Å². The molecule has 73 heavy (non-hydrogen) atoms. The Morgan fingerprint density at radius 2 is 0.795 bits per heavy atom. The van der Waals surface area contributed by atoms with Gasteiger partial charge < -0.3 is 42.6 Å². The number of carbonyl (C=O) groups excluding carboxylic acids is 12. The number of aryl methyl sites for hydroxylation is 2. The van der Waals surface area contributed by atoms with Gasteiger partial charge in [0.25, 0.3) is 0 Å². The molecule has 0 atom stereocenters. The zero-order chi connectivity index (χ0) is 53.6.